The predicted molar refractivity (Wildman–Crippen MR) is 66.4 cm³/mol. The number of aliphatic hydroxyl groups excluding tert-OH is 1. The number of hydrogen-bond acceptors (Lipinski definition) is 2. The monoisotopic (exact) mass is 307 g/mol. The van der Waals surface area contributed by atoms with Crippen molar-refractivity contribution >= 4 is 15.9 Å². The van der Waals surface area contributed by atoms with Crippen LogP contribution in [0.15, 0.2) is 16.6 Å². The van der Waals surface area contributed by atoms with Gasteiger partial charge < -0.3 is 10.8 Å². The van der Waals surface area contributed by atoms with E-state index < -0.39 is 23.8 Å². The van der Waals surface area contributed by atoms with Crippen LogP contribution in [0.3, 0.4) is 0 Å². The highest BCUT2D eigenvalue weighted by Gasteiger charge is 2.27. The van der Waals surface area contributed by atoms with Gasteiger partial charge in [-0.15, -0.1) is 0 Å². The topological polar surface area (TPSA) is 46.2 Å². The van der Waals surface area contributed by atoms with Gasteiger partial charge in [0.2, 0.25) is 0 Å². The van der Waals surface area contributed by atoms with E-state index in [0.717, 1.165) is 6.07 Å². The fourth-order valence-electron chi connectivity index (χ4n) is 1.61. The molecule has 0 amide bonds. The summed E-state index contributed by atoms with van der Waals surface area (Å²) in [5.74, 6) is -1.61. The predicted octanol–water partition coefficient (Wildman–Crippen LogP) is 3.13. The molecular weight excluding hydrogens is 292 g/mol. The van der Waals surface area contributed by atoms with Crippen LogP contribution < -0.4 is 5.73 Å². The van der Waals surface area contributed by atoms with Crippen LogP contribution in [0.4, 0.5) is 8.78 Å². The molecule has 0 aliphatic rings. The maximum absolute atomic E-state index is 13.8. The summed E-state index contributed by atoms with van der Waals surface area (Å²) in [5.41, 5.74) is 5.46. The Balaban J connectivity index is 3.11. The Hall–Kier alpha value is -0.520. The van der Waals surface area contributed by atoms with E-state index in [0.29, 0.717) is 6.42 Å². The molecule has 1 aromatic rings. The standard InChI is InChI=1S/C12H16BrF2NO/c1-3-6(2)12(17)11(16)9-8(14)5-4-7(13)10(9)15/h4-6,11-12,17H,3,16H2,1-2H3/t6?,11-,12+/m1/s1. The first-order valence-electron chi connectivity index (χ1n) is 5.47. The highest BCUT2D eigenvalue weighted by Crippen LogP contribution is 2.29. The van der Waals surface area contributed by atoms with Crippen LogP contribution >= 0.6 is 15.9 Å². The van der Waals surface area contributed by atoms with Crippen molar-refractivity contribution in [2.45, 2.75) is 32.4 Å². The van der Waals surface area contributed by atoms with Crippen molar-refractivity contribution < 1.29 is 13.9 Å². The zero-order chi connectivity index (χ0) is 13.2. The largest absolute Gasteiger partial charge is 0.391 e. The lowest BCUT2D eigenvalue weighted by Gasteiger charge is -2.25. The molecule has 1 rings (SSSR count). The first kappa shape index (κ1) is 14.5. The molecule has 0 fully saturated rings. The van der Waals surface area contributed by atoms with E-state index in [1.807, 2.05) is 6.92 Å². The summed E-state index contributed by atoms with van der Waals surface area (Å²) >= 11 is 2.97. The van der Waals surface area contributed by atoms with Gasteiger partial charge in [-0.05, 0) is 34.0 Å². The van der Waals surface area contributed by atoms with Gasteiger partial charge in [0, 0.05) is 5.56 Å². The second-order valence-electron chi connectivity index (χ2n) is 4.16. The molecule has 0 aliphatic heterocycles. The molecule has 0 radical (unpaired) electrons. The van der Waals surface area contributed by atoms with E-state index >= 15 is 0 Å². The van der Waals surface area contributed by atoms with Gasteiger partial charge in [-0.25, -0.2) is 8.78 Å². The average Bonchev–Trinajstić information content (AvgIpc) is 2.32. The SMILES string of the molecule is CCC(C)[C@H](O)[C@H](N)c1c(F)ccc(Br)c1F. The van der Waals surface area contributed by atoms with Crippen molar-refractivity contribution in [1.29, 1.82) is 0 Å². The van der Waals surface area contributed by atoms with Crippen molar-refractivity contribution in [2.24, 2.45) is 11.7 Å². The minimum Gasteiger partial charge on any atom is -0.391 e. The maximum Gasteiger partial charge on any atom is 0.145 e. The van der Waals surface area contributed by atoms with Gasteiger partial charge >= 0.3 is 0 Å². The Kier molecular flexibility index (Phi) is 5.04. The molecule has 5 heteroatoms. The Morgan fingerprint density at radius 3 is 2.53 bits per heavy atom. The summed E-state index contributed by atoms with van der Waals surface area (Å²) in [6, 6.07) is 1.34. The third-order valence-corrected chi connectivity index (χ3v) is 3.62. The second kappa shape index (κ2) is 5.89. The fraction of sp³-hybridized carbons (Fsp3) is 0.500. The number of hydrogen-bond donors (Lipinski definition) is 2. The molecule has 1 aromatic carbocycles. The number of halogens is 3. The van der Waals surface area contributed by atoms with Crippen LogP contribution in [0.2, 0.25) is 0 Å². The fourth-order valence-corrected chi connectivity index (χ4v) is 1.96. The van der Waals surface area contributed by atoms with Gasteiger partial charge in [0.25, 0.3) is 0 Å². The van der Waals surface area contributed by atoms with E-state index in [4.69, 9.17) is 5.73 Å². The summed E-state index contributed by atoms with van der Waals surface area (Å²) < 4.78 is 27.5. The average molecular weight is 308 g/mol. The zero-order valence-corrected chi connectivity index (χ0v) is 11.3. The molecular formula is C12H16BrF2NO. The van der Waals surface area contributed by atoms with Crippen molar-refractivity contribution in [3.63, 3.8) is 0 Å². The quantitative estimate of drug-likeness (QED) is 0.840. The Morgan fingerprint density at radius 2 is 2.00 bits per heavy atom. The Labute approximate surface area is 108 Å². The van der Waals surface area contributed by atoms with Crippen molar-refractivity contribution in [1.82, 2.24) is 0 Å². The summed E-state index contributed by atoms with van der Waals surface area (Å²) in [7, 11) is 0. The molecule has 0 heterocycles. The summed E-state index contributed by atoms with van der Waals surface area (Å²) in [4.78, 5) is 0. The third-order valence-electron chi connectivity index (χ3n) is 3.01. The summed E-state index contributed by atoms with van der Waals surface area (Å²) in [6.07, 6.45) is -0.287. The van der Waals surface area contributed by atoms with Crippen molar-refractivity contribution in [3.05, 3.63) is 33.8 Å². The minimum atomic E-state index is -1.07. The van der Waals surface area contributed by atoms with Gasteiger partial charge in [-0.1, -0.05) is 20.3 Å². The molecule has 0 bridgehead atoms. The van der Waals surface area contributed by atoms with Crippen molar-refractivity contribution in [2.75, 3.05) is 0 Å². The van der Waals surface area contributed by atoms with E-state index in [1.54, 1.807) is 6.92 Å². The van der Waals surface area contributed by atoms with Gasteiger partial charge in [0.05, 0.1) is 16.6 Å². The van der Waals surface area contributed by atoms with Crippen LogP contribution in [0, 0.1) is 17.6 Å². The molecule has 0 aromatic heterocycles. The molecule has 2 nitrogen and oxygen atoms in total. The lowest BCUT2D eigenvalue weighted by Crippen LogP contribution is -2.33. The van der Waals surface area contributed by atoms with Crippen LogP contribution in [0.5, 0.6) is 0 Å². The Morgan fingerprint density at radius 1 is 1.41 bits per heavy atom. The van der Waals surface area contributed by atoms with Gasteiger partial charge in [-0.2, -0.15) is 0 Å². The molecule has 0 saturated heterocycles. The number of nitrogens with two attached hydrogens (primary N) is 1. The second-order valence-corrected chi connectivity index (χ2v) is 5.01. The van der Waals surface area contributed by atoms with E-state index in [9.17, 15) is 13.9 Å². The minimum absolute atomic E-state index is 0.122. The van der Waals surface area contributed by atoms with Gasteiger partial charge in [0.15, 0.2) is 0 Å². The zero-order valence-electron chi connectivity index (χ0n) is 9.75. The van der Waals surface area contributed by atoms with Crippen LogP contribution in [-0.4, -0.2) is 11.2 Å². The molecule has 17 heavy (non-hydrogen) atoms. The Bertz CT molecular complexity index is 400. The van der Waals surface area contributed by atoms with Crippen LogP contribution in [0.25, 0.3) is 0 Å². The normalized spacial score (nSPS) is 16.6. The first-order valence-corrected chi connectivity index (χ1v) is 6.26. The first-order chi connectivity index (χ1) is 7.90. The lowest BCUT2D eigenvalue weighted by molar-refractivity contribution is 0.0853. The molecule has 0 aliphatic carbocycles. The smallest absolute Gasteiger partial charge is 0.145 e. The van der Waals surface area contributed by atoms with E-state index in [-0.39, 0.29) is 16.0 Å². The molecule has 3 atom stereocenters. The van der Waals surface area contributed by atoms with Crippen LogP contribution in [-0.2, 0) is 0 Å². The lowest BCUT2D eigenvalue weighted by atomic mass is 9.91. The molecule has 0 spiro atoms. The van der Waals surface area contributed by atoms with Gasteiger partial charge in [-0.3, -0.25) is 0 Å². The summed E-state index contributed by atoms with van der Waals surface area (Å²) in [6.45, 7) is 3.67. The highest BCUT2D eigenvalue weighted by atomic mass is 79.9. The molecule has 1 unspecified atom stereocenters. The van der Waals surface area contributed by atoms with Crippen LogP contribution in [0.1, 0.15) is 31.9 Å². The summed E-state index contributed by atoms with van der Waals surface area (Å²) in [5, 5.41) is 9.91. The van der Waals surface area contributed by atoms with E-state index in [2.05, 4.69) is 15.9 Å². The molecule has 3 N–H and O–H groups in total. The van der Waals surface area contributed by atoms with E-state index in [1.165, 1.54) is 6.07 Å². The highest BCUT2D eigenvalue weighted by molar-refractivity contribution is 9.10. The number of benzene rings is 1. The number of rotatable bonds is 4. The number of aliphatic hydroxyl groups is 1. The maximum atomic E-state index is 13.8. The third kappa shape index (κ3) is 3.03. The molecule has 0 saturated carbocycles. The molecule has 96 valence electrons. The van der Waals surface area contributed by atoms with Gasteiger partial charge in [0.1, 0.15) is 11.6 Å². The van der Waals surface area contributed by atoms with Crippen molar-refractivity contribution in [3.8, 4) is 0 Å².